The molecular formula is C13H16O8. The molecule has 0 saturated carbocycles. The topological polar surface area (TPSA) is 138 Å². The Kier molecular flexibility index (Phi) is 6.32. The molecule has 0 rings (SSSR count). The third-order valence-corrected chi connectivity index (χ3v) is 2.81. The van der Waals surface area contributed by atoms with Crippen LogP contribution in [0.5, 0.6) is 0 Å². The summed E-state index contributed by atoms with van der Waals surface area (Å²) in [5.41, 5.74) is -2.97. The van der Waals surface area contributed by atoms with Crippen LogP contribution < -0.4 is 0 Å². The zero-order chi connectivity index (χ0) is 16.8. The molecular weight excluding hydrogens is 284 g/mol. The standard InChI is InChI=1S/C13H16O8/c1-7(2)11(18)21-5-4-13(12(19)20,6-9(14)15)8(3)10(16)17/h1,3-6H2,2H3,(H,14,15)(H,16,17)(H,19,20). The average molecular weight is 300 g/mol. The van der Waals surface area contributed by atoms with Gasteiger partial charge >= 0.3 is 23.9 Å². The number of carbonyl (C=O) groups excluding carboxylic acids is 1. The summed E-state index contributed by atoms with van der Waals surface area (Å²) in [5.74, 6) is -5.59. The molecule has 0 spiro atoms. The van der Waals surface area contributed by atoms with Crippen molar-refractivity contribution < 1.29 is 39.2 Å². The Morgan fingerprint density at radius 2 is 1.62 bits per heavy atom. The van der Waals surface area contributed by atoms with Crippen LogP contribution >= 0.6 is 0 Å². The van der Waals surface area contributed by atoms with Crippen molar-refractivity contribution in [1.82, 2.24) is 0 Å². The summed E-state index contributed by atoms with van der Waals surface area (Å²) >= 11 is 0. The lowest BCUT2D eigenvalue weighted by molar-refractivity contribution is -0.157. The number of ether oxygens (including phenoxy) is 1. The molecule has 3 N–H and O–H groups in total. The Balaban J connectivity index is 5.29. The van der Waals surface area contributed by atoms with Crippen LogP contribution in [0.2, 0.25) is 0 Å². The van der Waals surface area contributed by atoms with E-state index >= 15 is 0 Å². The molecule has 0 aliphatic rings. The maximum atomic E-state index is 11.4. The van der Waals surface area contributed by atoms with Gasteiger partial charge in [0.05, 0.1) is 13.0 Å². The fourth-order valence-electron chi connectivity index (χ4n) is 1.56. The van der Waals surface area contributed by atoms with Crippen molar-refractivity contribution in [2.45, 2.75) is 19.8 Å². The highest BCUT2D eigenvalue weighted by Crippen LogP contribution is 2.35. The van der Waals surface area contributed by atoms with Crippen LogP contribution in [0.3, 0.4) is 0 Å². The number of hydrogen-bond acceptors (Lipinski definition) is 5. The Labute approximate surface area is 120 Å². The van der Waals surface area contributed by atoms with Crippen LogP contribution in [0.1, 0.15) is 19.8 Å². The van der Waals surface area contributed by atoms with Gasteiger partial charge in [-0.2, -0.15) is 0 Å². The molecule has 0 bridgehead atoms. The lowest BCUT2D eigenvalue weighted by Gasteiger charge is -2.27. The predicted octanol–water partition coefficient (Wildman–Crippen LogP) is 0.682. The minimum atomic E-state index is -2.26. The van der Waals surface area contributed by atoms with Crippen LogP contribution in [-0.4, -0.2) is 45.8 Å². The summed E-state index contributed by atoms with van der Waals surface area (Å²) in [4.78, 5) is 44.4. The molecule has 1 atom stereocenters. The molecule has 116 valence electrons. The maximum Gasteiger partial charge on any atom is 0.333 e. The molecule has 0 aliphatic heterocycles. The van der Waals surface area contributed by atoms with Crippen molar-refractivity contribution in [1.29, 1.82) is 0 Å². The molecule has 0 aromatic carbocycles. The van der Waals surface area contributed by atoms with E-state index in [1.54, 1.807) is 0 Å². The summed E-state index contributed by atoms with van der Waals surface area (Å²) in [6, 6.07) is 0. The number of hydrogen-bond donors (Lipinski definition) is 3. The normalized spacial score (nSPS) is 12.8. The van der Waals surface area contributed by atoms with Crippen molar-refractivity contribution in [2.75, 3.05) is 6.61 Å². The highest BCUT2D eigenvalue weighted by Gasteiger charge is 2.46. The fraction of sp³-hybridized carbons (Fsp3) is 0.385. The number of rotatable bonds is 9. The lowest BCUT2D eigenvalue weighted by atomic mass is 9.75. The first-order valence-corrected chi connectivity index (χ1v) is 5.75. The molecule has 8 nitrogen and oxygen atoms in total. The van der Waals surface area contributed by atoms with Gasteiger partial charge in [0.25, 0.3) is 0 Å². The first-order chi connectivity index (χ1) is 9.54. The molecule has 0 aromatic rings. The van der Waals surface area contributed by atoms with Gasteiger partial charge in [-0.15, -0.1) is 0 Å². The zero-order valence-corrected chi connectivity index (χ0v) is 11.4. The van der Waals surface area contributed by atoms with E-state index in [4.69, 9.17) is 14.9 Å². The van der Waals surface area contributed by atoms with E-state index < -0.39 is 54.3 Å². The minimum Gasteiger partial charge on any atom is -0.481 e. The van der Waals surface area contributed by atoms with Crippen LogP contribution in [0.4, 0.5) is 0 Å². The van der Waals surface area contributed by atoms with Gasteiger partial charge in [-0.05, 0) is 6.92 Å². The van der Waals surface area contributed by atoms with Crippen LogP contribution in [0, 0.1) is 5.41 Å². The first kappa shape index (κ1) is 18.4. The van der Waals surface area contributed by atoms with Gasteiger partial charge in [0, 0.05) is 17.6 Å². The third-order valence-electron chi connectivity index (χ3n) is 2.81. The van der Waals surface area contributed by atoms with E-state index in [1.165, 1.54) is 6.92 Å². The number of aliphatic carboxylic acids is 3. The highest BCUT2D eigenvalue weighted by molar-refractivity contribution is 5.98. The van der Waals surface area contributed by atoms with Gasteiger partial charge < -0.3 is 20.1 Å². The van der Waals surface area contributed by atoms with Gasteiger partial charge in [0.1, 0.15) is 5.41 Å². The molecule has 1 unspecified atom stereocenters. The Morgan fingerprint density at radius 3 is 1.95 bits per heavy atom. The summed E-state index contributed by atoms with van der Waals surface area (Å²) < 4.78 is 4.69. The van der Waals surface area contributed by atoms with Crippen LogP contribution in [0.15, 0.2) is 24.3 Å². The van der Waals surface area contributed by atoms with Gasteiger partial charge in [0.15, 0.2) is 0 Å². The second-order valence-corrected chi connectivity index (χ2v) is 4.41. The molecule has 0 aliphatic carbocycles. The second-order valence-electron chi connectivity index (χ2n) is 4.41. The van der Waals surface area contributed by atoms with E-state index in [-0.39, 0.29) is 5.57 Å². The van der Waals surface area contributed by atoms with E-state index in [1.807, 2.05) is 0 Å². The average Bonchev–Trinajstić information content (AvgIpc) is 2.35. The van der Waals surface area contributed by atoms with E-state index in [2.05, 4.69) is 13.2 Å². The van der Waals surface area contributed by atoms with Crippen molar-refractivity contribution in [2.24, 2.45) is 5.41 Å². The fourth-order valence-corrected chi connectivity index (χ4v) is 1.56. The Morgan fingerprint density at radius 1 is 1.10 bits per heavy atom. The monoisotopic (exact) mass is 300 g/mol. The summed E-state index contributed by atoms with van der Waals surface area (Å²) in [5, 5.41) is 26.9. The molecule has 0 aromatic heterocycles. The molecule has 8 heteroatoms. The second kappa shape index (κ2) is 7.22. The number of carboxylic acid groups (broad SMARTS) is 3. The summed E-state index contributed by atoms with van der Waals surface area (Å²) in [6.45, 7) is 7.35. The summed E-state index contributed by atoms with van der Waals surface area (Å²) in [7, 11) is 0. The Bertz CT molecular complexity index is 504. The lowest BCUT2D eigenvalue weighted by Crippen LogP contribution is -2.39. The van der Waals surface area contributed by atoms with E-state index in [0.717, 1.165) is 0 Å². The number of carboxylic acids is 3. The van der Waals surface area contributed by atoms with Crippen molar-refractivity contribution in [3.05, 3.63) is 24.3 Å². The first-order valence-electron chi connectivity index (χ1n) is 5.75. The number of esters is 1. The Hall–Kier alpha value is -2.64. The van der Waals surface area contributed by atoms with Crippen molar-refractivity contribution in [3.63, 3.8) is 0 Å². The predicted molar refractivity (Wildman–Crippen MR) is 69.5 cm³/mol. The van der Waals surface area contributed by atoms with Crippen molar-refractivity contribution >= 4 is 23.9 Å². The van der Waals surface area contributed by atoms with Gasteiger partial charge in [-0.1, -0.05) is 13.2 Å². The molecule has 0 radical (unpaired) electrons. The third kappa shape index (κ3) is 4.75. The molecule has 0 heterocycles. The van der Waals surface area contributed by atoms with Crippen LogP contribution in [-0.2, 0) is 23.9 Å². The number of carbonyl (C=O) groups is 4. The van der Waals surface area contributed by atoms with Gasteiger partial charge in [0.2, 0.25) is 0 Å². The van der Waals surface area contributed by atoms with Gasteiger partial charge in [-0.25, -0.2) is 9.59 Å². The van der Waals surface area contributed by atoms with E-state index in [9.17, 15) is 24.3 Å². The molecule has 21 heavy (non-hydrogen) atoms. The molecule has 0 saturated heterocycles. The maximum absolute atomic E-state index is 11.4. The van der Waals surface area contributed by atoms with Crippen molar-refractivity contribution in [3.8, 4) is 0 Å². The van der Waals surface area contributed by atoms with Crippen LogP contribution in [0.25, 0.3) is 0 Å². The quantitative estimate of drug-likeness (QED) is 0.417. The molecule has 0 amide bonds. The largest absolute Gasteiger partial charge is 0.481 e. The summed E-state index contributed by atoms with van der Waals surface area (Å²) in [6.07, 6.45) is -1.52. The highest BCUT2D eigenvalue weighted by atomic mass is 16.5. The van der Waals surface area contributed by atoms with Gasteiger partial charge in [-0.3, -0.25) is 9.59 Å². The molecule has 0 fully saturated rings. The van der Waals surface area contributed by atoms with E-state index in [0.29, 0.717) is 0 Å². The zero-order valence-electron chi connectivity index (χ0n) is 11.4. The SMILES string of the molecule is C=C(C)C(=O)OCCC(CC(=O)O)(C(=C)C(=O)O)C(=O)O. The smallest absolute Gasteiger partial charge is 0.333 e. The minimum absolute atomic E-state index is 0.0752.